The second-order valence-corrected chi connectivity index (χ2v) is 11.7. The molecule has 0 unspecified atom stereocenters. The van der Waals surface area contributed by atoms with Gasteiger partial charge in [-0.2, -0.15) is 0 Å². The van der Waals surface area contributed by atoms with E-state index in [2.05, 4.69) is 20.5 Å². The van der Waals surface area contributed by atoms with E-state index in [9.17, 15) is 19.2 Å². The average Bonchev–Trinajstić information content (AvgIpc) is 3.48. The number of rotatable bonds is 4. The van der Waals surface area contributed by atoms with Crippen LogP contribution in [0.1, 0.15) is 43.3 Å². The molecule has 2 aromatic carbocycles. The molecule has 3 aromatic rings. The van der Waals surface area contributed by atoms with Crippen LogP contribution >= 0.6 is 0 Å². The molecule has 0 saturated carbocycles. The third-order valence-electron chi connectivity index (χ3n) is 7.57. The number of nitrogens with zero attached hydrogens (tertiary/aromatic N) is 4. The van der Waals surface area contributed by atoms with E-state index < -0.39 is 47.7 Å². The largest absolute Gasteiger partial charge is 0.325 e. The molecular formula is C31H32N6O4. The summed E-state index contributed by atoms with van der Waals surface area (Å²) in [6.45, 7) is 9.81. The summed E-state index contributed by atoms with van der Waals surface area (Å²) < 4.78 is 24.7. The van der Waals surface area contributed by atoms with Gasteiger partial charge in [0.2, 0.25) is 5.91 Å². The normalized spacial score (nSPS) is 21.7. The van der Waals surface area contributed by atoms with E-state index in [4.69, 9.17) is 10.7 Å². The predicted molar refractivity (Wildman–Crippen MR) is 154 cm³/mol. The Morgan fingerprint density at radius 3 is 2.76 bits per heavy atom. The lowest BCUT2D eigenvalue weighted by Gasteiger charge is -2.34. The van der Waals surface area contributed by atoms with Gasteiger partial charge in [0.1, 0.15) is 11.5 Å². The quantitative estimate of drug-likeness (QED) is 0.375. The van der Waals surface area contributed by atoms with Crippen molar-refractivity contribution < 1.29 is 23.3 Å². The van der Waals surface area contributed by atoms with Gasteiger partial charge in [0.25, 0.3) is 5.91 Å². The second kappa shape index (κ2) is 10.3. The first kappa shape index (κ1) is 24.1. The monoisotopic (exact) mass is 555 g/mol. The number of pyridine rings is 1. The smallest absolute Gasteiger partial charge is 0.313 e. The minimum atomic E-state index is -3.18. The average molecular weight is 556 g/mol. The fraction of sp³-hybridized carbons (Fsp3) is 0.355. The number of nitrogens with one attached hydrogen (secondary N) is 2. The van der Waals surface area contributed by atoms with E-state index in [1.165, 1.54) is 11.0 Å². The van der Waals surface area contributed by atoms with E-state index in [-0.39, 0.29) is 31.0 Å². The molecule has 1 fully saturated rings. The van der Waals surface area contributed by atoms with Crippen LogP contribution in [0.4, 0.5) is 11.4 Å². The molecule has 1 spiro atoms. The second-order valence-electron chi connectivity index (χ2n) is 11.7. The first-order valence-corrected chi connectivity index (χ1v) is 13.2. The molecule has 1 aromatic heterocycles. The van der Waals surface area contributed by atoms with Gasteiger partial charge in [0.05, 0.1) is 11.9 Å². The van der Waals surface area contributed by atoms with E-state index >= 15 is 0 Å². The Kier molecular flexibility index (Phi) is 6.05. The van der Waals surface area contributed by atoms with E-state index in [0.29, 0.717) is 27.1 Å². The van der Waals surface area contributed by atoms with Crippen molar-refractivity contribution >= 4 is 45.9 Å². The fourth-order valence-corrected chi connectivity index (χ4v) is 5.61. The molecule has 0 bridgehead atoms. The fourth-order valence-electron chi connectivity index (χ4n) is 5.61. The number of amides is 4. The van der Waals surface area contributed by atoms with Gasteiger partial charge in [-0.3, -0.25) is 33.9 Å². The Morgan fingerprint density at radius 1 is 1.24 bits per heavy atom. The molecule has 10 heteroatoms. The lowest BCUT2D eigenvalue weighted by molar-refractivity contribution is -0.150. The van der Waals surface area contributed by atoms with Gasteiger partial charge in [-0.05, 0) is 47.7 Å². The summed E-state index contributed by atoms with van der Waals surface area (Å²) in [6, 6.07) is 13.7. The number of hydrogen-bond acceptors (Lipinski definition) is 5. The van der Waals surface area contributed by atoms with Crippen LogP contribution in [-0.2, 0) is 24.6 Å². The molecule has 41 heavy (non-hydrogen) atoms. The van der Waals surface area contributed by atoms with Crippen LogP contribution < -0.4 is 10.6 Å². The molecule has 3 heterocycles. The number of likely N-dealkylation sites (N-methyl/N-ethyl adjacent to an activating group) is 1. The van der Waals surface area contributed by atoms with Gasteiger partial charge < -0.3 is 15.5 Å². The van der Waals surface area contributed by atoms with Crippen LogP contribution in [-0.4, -0.2) is 64.1 Å². The van der Waals surface area contributed by atoms with Gasteiger partial charge in [0, 0.05) is 40.6 Å². The highest BCUT2D eigenvalue weighted by atomic mass is 16.2. The molecular weight excluding hydrogens is 520 g/mol. The molecule has 5 rings (SSSR count). The standard InChI is InChI=1S/C31H32N6O4/c1-30(2,3)16-24(36(5)28(40)26(38)34-20-12-13-22-19(15-20)9-8-14-33-22)27(39)37-18-31(17-25(37)32-4)21-10-6-7-11-23(21)35-29(31)41/h6-15,24-25H,16-18H2,1-3,5H3,(H,34,38)(H,35,41)/t24-,25-,31-/m0/s1/i5D3. The van der Waals surface area contributed by atoms with Gasteiger partial charge in [-0.1, -0.05) is 45.0 Å². The van der Waals surface area contributed by atoms with Crippen molar-refractivity contribution in [1.82, 2.24) is 14.8 Å². The van der Waals surface area contributed by atoms with E-state index in [0.717, 1.165) is 0 Å². The maximum Gasteiger partial charge on any atom is 0.313 e. The number of likely N-dealkylation sites (tertiary alicyclic amines) is 1. The minimum Gasteiger partial charge on any atom is -0.325 e. The summed E-state index contributed by atoms with van der Waals surface area (Å²) in [5.74, 6) is -3.83. The maximum atomic E-state index is 14.3. The Hall–Kier alpha value is -4.78. The summed E-state index contributed by atoms with van der Waals surface area (Å²) in [5, 5.41) is 5.97. The zero-order valence-electron chi connectivity index (χ0n) is 26.0. The third kappa shape index (κ3) is 5.11. The molecule has 4 amide bonds. The van der Waals surface area contributed by atoms with Gasteiger partial charge in [-0.25, -0.2) is 6.57 Å². The number of carbonyl (C=O) groups excluding carboxylic acids is 4. The molecule has 210 valence electrons. The molecule has 0 radical (unpaired) electrons. The van der Waals surface area contributed by atoms with Crippen LogP contribution in [0.2, 0.25) is 0 Å². The summed E-state index contributed by atoms with van der Waals surface area (Å²) in [5.41, 5.74) is 0.262. The van der Waals surface area contributed by atoms with Crippen LogP contribution in [0.5, 0.6) is 0 Å². The van der Waals surface area contributed by atoms with Crippen molar-refractivity contribution in [1.29, 1.82) is 0 Å². The van der Waals surface area contributed by atoms with Crippen LogP contribution in [0.25, 0.3) is 15.7 Å². The Balaban J connectivity index is 1.49. The van der Waals surface area contributed by atoms with Crippen molar-refractivity contribution in [2.75, 3.05) is 24.2 Å². The highest BCUT2D eigenvalue weighted by molar-refractivity contribution is 6.40. The van der Waals surface area contributed by atoms with Crippen molar-refractivity contribution in [2.24, 2.45) is 5.41 Å². The van der Waals surface area contributed by atoms with Gasteiger partial charge >= 0.3 is 18.0 Å². The maximum absolute atomic E-state index is 14.3. The first-order valence-electron chi connectivity index (χ1n) is 14.7. The Morgan fingerprint density at radius 2 is 2.02 bits per heavy atom. The summed E-state index contributed by atoms with van der Waals surface area (Å²) in [7, 11) is 0. The number of benzene rings is 2. The number of fused-ring (bicyclic) bond motifs is 3. The Bertz CT molecular complexity index is 1710. The molecule has 2 N–H and O–H groups in total. The van der Waals surface area contributed by atoms with E-state index in [1.807, 2.05) is 0 Å². The summed E-state index contributed by atoms with van der Waals surface area (Å²) in [4.78, 5) is 63.9. The van der Waals surface area contributed by atoms with Crippen molar-refractivity contribution in [2.45, 2.75) is 51.2 Å². The zero-order chi connectivity index (χ0) is 32.0. The van der Waals surface area contributed by atoms with Gasteiger partial charge in [-0.15, -0.1) is 0 Å². The highest BCUT2D eigenvalue weighted by Crippen LogP contribution is 2.47. The molecule has 1 saturated heterocycles. The highest BCUT2D eigenvalue weighted by Gasteiger charge is 2.59. The van der Waals surface area contributed by atoms with Crippen molar-refractivity contribution in [3.8, 4) is 0 Å². The third-order valence-corrected chi connectivity index (χ3v) is 7.57. The van der Waals surface area contributed by atoms with E-state index in [1.54, 1.807) is 75.5 Å². The molecule has 0 aliphatic carbocycles. The molecule has 2 aliphatic rings. The number of anilines is 2. The molecule has 3 atom stereocenters. The van der Waals surface area contributed by atoms with Crippen LogP contribution in [0, 0.1) is 12.0 Å². The van der Waals surface area contributed by atoms with Crippen LogP contribution in [0.15, 0.2) is 60.8 Å². The minimum absolute atomic E-state index is 0.00630. The topological polar surface area (TPSA) is 116 Å². The number of hydrogen-bond donors (Lipinski definition) is 2. The zero-order valence-corrected chi connectivity index (χ0v) is 23.0. The lowest BCUT2D eigenvalue weighted by atomic mass is 9.80. The lowest BCUT2D eigenvalue weighted by Crippen LogP contribution is -2.54. The first-order chi connectivity index (χ1) is 20.6. The number of aromatic nitrogens is 1. The summed E-state index contributed by atoms with van der Waals surface area (Å²) >= 11 is 0. The van der Waals surface area contributed by atoms with Crippen molar-refractivity contribution in [3.63, 3.8) is 0 Å². The van der Waals surface area contributed by atoms with Crippen LogP contribution in [0.3, 0.4) is 0 Å². The number of carbonyl (C=O) groups is 4. The number of para-hydroxylation sites is 1. The van der Waals surface area contributed by atoms with Crippen molar-refractivity contribution in [3.05, 3.63) is 77.8 Å². The molecule has 10 nitrogen and oxygen atoms in total. The summed E-state index contributed by atoms with van der Waals surface area (Å²) in [6.07, 6.45) is 0.410. The van der Waals surface area contributed by atoms with Gasteiger partial charge in [0.15, 0.2) is 0 Å². The molecule has 2 aliphatic heterocycles. The predicted octanol–water partition coefficient (Wildman–Crippen LogP) is 3.80. The SMILES string of the molecule is [2H]C([2H])([2H])N(C(=O)C(=O)Nc1ccc2ncccc2c1)[C@@H](CC(C)(C)C)C(=O)N1C[C@]2(C[C@H]1[N+]#[C-])C(=O)Nc1ccccc12. The Labute approximate surface area is 242 Å².